The molecule has 3 nitrogen and oxygen atoms in total. The summed E-state index contributed by atoms with van der Waals surface area (Å²) >= 11 is 0. The zero-order valence-corrected chi connectivity index (χ0v) is 24.9. The van der Waals surface area contributed by atoms with Crippen molar-refractivity contribution in [2.24, 2.45) is 4.99 Å². The van der Waals surface area contributed by atoms with Crippen molar-refractivity contribution in [2.75, 3.05) is 0 Å². The van der Waals surface area contributed by atoms with Gasteiger partial charge in [0.05, 0.1) is 5.69 Å². The number of allylic oxidation sites excluding steroid dienone is 2. The average Bonchev–Trinajstić information content (AvgIpc) is 3.46. The minimum atomic E-state index is 0. The van der Waals surface area contributed by atoms with Crippen molar-refractivity contribution in [2.45, 2.75) is 74.1 Å². The Labute approximate surface area is 230 Å². The predicted octanol–water partition coefficient (Wildman–Crippen LogP) is 5.81. The average molecular weight is 659 g/mol. The molecule has 0 atom stereocenters. The van der Waals surface area contributed by atoms with Gasteiger partial charge in [-0.25, -0.2) is 0 Å². The molecule has 1 aromatic carbocycles. The first-order valence-corrected chi connectivity index (χ1v) is 13.0. The molecular formula is C32H37N3Pt. The van der Waals surface area contributed by atoms with E-state index in [4.69, 9.17) is 9.98 Å². The summed E-state index contributed by atoms with van der Waals surface area (Å²) in [6.07, 6.45) is 12.5. The molecule has 0 radical (unpaired) electrons. The molecule has 0 saturated carbocycles. The Bertz CT molecular complexity index is 1440. The van der Waals surface area contributed by atoms with E-state index < -0.39 is 0 Å². The topological polar surface area (TPSA) is 39.4 Å². The normalized spacial score (nSPS) is 15.8. The third kappa shape index (κ3) is 5.37. The fourth-order valence-electron chi connectivity index (χ4n) is 5.23. The standard InChI is InChI=1S/C32H37N3.Pt/c1-8-26-23(17-30-21(6)20(5)22(7)34-30)16-24(27(26)9-2)18-31-28(10-3)29(11-4)32(35-31)19-25-14-12-13-15-33-25;/h12-19H,8-11H2,1-7H3;/q-2;+2/b30-17-,31-18-,32-19-;. The van der Waals surface area contributed by atoms with Crippen molar-refractivity contribution < 1.29 is 21.1 Å². The van der Waals surface area contributed by atoms with Crippen molar-refractivity contribution in [1.82, 2.24) is 9.97 Å². The molecule has 2 aromatic heterocycles. The number of aromatic nitrogens is 2. The summed E-state index contributed by atoms with van der Waals surface area (Å²) in [5, 5.41) is 2.14. The van der Waals surface area contributed by atoms with Crippen LogP contribution in [0.3, 0.4) is 0 Å². The zero-order valence-electron chi connectivity index (χ0n) is 22.6. The molecule has 1 aliphatic rings. The molecule has 4 heteroatoms. The first kappa shape index (κ1) is 27.9. The van der Waals surface area contributed by atoms with Gasteiger partial charge in [0.15, 0.2) is 0 Å². The minimum absolute atomic E-state index is 0. The maximum absolute atomic E-state index is 5.12. The fourth-order valence-corrected chi connectivity index (χ4v) is 5.23. The van der Waals surface area contributed by atoms with Gasteiger partial charge in [-0.05, 0) is 56.9 Å². The molecule has 190 valence electrons. The smallest absolute Gasteiger partial charge is 0.664 e. The van der Waals surface area contributed by atoms with Gasteiger partial charge in [-0.3, -0.25) is 9.98 Å². The molecule has 36 heavy (non-hydrogen) atoms. The molecule has 1 aliphatic heterocycles. The van der Waals surface area contributed by atoms with Crippen LogP contribution in [0.5, 0.6) is 0 Å². The van der Waals surface area contributed by atoms with Gasteiger partial charge in [0.1, 0.15) is 0 Å². The van der Waals surface area contributed by atoms with Crippen LogP contribution in [0.15, 0.2) is 52.3 Å². The van der Waals surface area contributed by atoms with Crippen LogP contribution in [0, 0.1) is 0 Å². The van der Waals surface area contributed by atoms with E-state index in [1.165, 1.54) is 44.5 Å². The SMILES string of the molecule is CCc1c(/C=C2\N=C(C)C(C)=C2C)[cH-]c(/C=c2\[n-]/c(=C\c3ccccn3)c(CC)c2CC)c1CC.[Pt+2]. The van der Waals surface area contributed by atoms with E-state index in [0.29, 0.717) is 0 Å². The Morgan fingerprint density at radius 3 is 1.83 bits per heavy atom. The summed E-state index contributed by atoms with van der Waals surface area (Å²) in [6.45, 7) is 15.4. The Hall–Kier alpha value is -2.64. The van der Waals surface area contributed by atoms with Crippen LogP contribution < -0.4 is 15.7 Å². The largest absolute Gasteiger partial charge is 2.00 e. The van der Waals surface area contributed by atoms with Crippen LogP contribution in [0.2, 0.25) is 0 Å². The Kier molecular flexibility index (Phi) is 9.36. The Morgan fingerprint density at radius 2 is 1.33 bits per heavy atom. The van der Waals surface area contributed by atoms with Gasteiger partial charge in [0.25, 0.3) is 0 Å². The van der Waals surface area contributed by atoms with Crippen LogP contribution >= 0.6 is 0 Å². The van der Waals surface area contributed by atoms with Crippen molar-refractivity contribution >= 4 is 23.9 Å². The number of hydrogen-bond acceptors (Lipinski definition) is 2. The van der Waals surface area contributed by atoms with Crippen LogP contribution in [0.1, 0.15) is 87.5 Å². The van der Waals surface area contributed by atoms with E-state index in [-0.39, 0.29) is 21.1 Å². The van der Waals surface area contributed by atoms with E-state index in [9.17, 15) is 0 Å². The van der Waals surface area contributed by atoms with Gasteiger partial charge in [-0.1, -0.05) is 69.9 Å². The van der Waals surface area contributed by atoms with E-state index in [1.54, 1.807) is 0 Å². The van der Waals surface area contributed by atoms with Crippen LogP contribution in [-0.4, -0.2) is 10.7 Å². The van der Waals surface area contributed by atoms with Crippen LogP contribution in [0.4, 0.5) is 0 Å². The van der Waals surface area contributed by atoms with Gasteiger partial charge in [0, 0.05) is 17.6 Å². The van der Waals surface area contributed by atoms with Gasteiger partial charge < -0.3 is 4.98 Å². The molecular weight excluding hydrogens is 621 g/mol. The molecule has 0 unspecified atom stereocenters. The molecule has 0 spiro atoms. The Morgan fingerprint density at radius 1 is 0.750 bits per heavy atom. The molecule has 0 amide bonds. The molecule has 0 saturated heterocycles. The van der Waals surface area contributed by atoms with Crippen molar-refractivity contribution in [3.05, 3.63) is 97.1 Å². The second-order valence-electron chi connectivity index (χ2n) is 9.29. The van der Waals surface area contributed by atoms with Crippen LogP contribution in [-0.2, 0) is 46.7 Å². The van der Waals surface area contributed by atoms with E-state index in [2.05, 4.69) is 77.7 Å². The summed E-state index contributed by atoms with van der Waals surface area (Å²) < 4.78 is 0. The van der Waals surface area contributed by atoms with E-state index in [1.807, 2.05) is 24.4 Å². The molecule has 0 fully saturated rings. The number of aliphatic imine (C=N–C) groups is 1. The van der Waals surface area contributed by atoms with Crippen LogP contribution in [0.25, 0.3) is 18.2 Å². The fraction of sp³-hybridized carbons (Fsp3) is 0.344. The maximum Gasteiger partial charge on any atom is 2.00 e. The summed E-state index contributed by atoms with van der Waals surface area (Å²) in [6, 6.07) is 8.35. The third-order valence-electron chi connectivity index (χ3n) is 7.34. The second kappa shape index (κ2) is 12.1. The summed E-state index contributed by atoms with van der Waals surface area (Å²) in [5.74, 6) is 0. The van der Waals surface area contributed by atoms with Crippen molar-refractivity contribution in [3.8, 4) is 0 Å². The monoisotopic (exact) mass is 658 g/mol. The van der Waals surface area contributed by atoms with E-state index >= 15 is 0 Å². The molecule has 0 aliphatic carbocycles. The van der Waals surface area contributed by atoms with Crippen molar-refractivity contribution in [1.29, 1.82) is 0 Å². The van der Waals surface area contributed by atoms with E-state index in [0.717, 1.165) is 53.5 Å². The molecule has 3 aromatic rings. The van der Waals surface area contributed by atoms with Gasteiger partial charge >= 0.3 is 21.1 Å². The molecule has 0 N–H and O–H groups in total. The quantitative estimate of drug-likeness (QED) is 0.301. The predicted molar refractivity (Wildman–Crippen MR) is 149 cm³/mol. The summed E-state index contributed by atoms with van der Waals surface area (Å²) in [5.41, 5.74) is 13.8. The van der Waals surface area contributed by atoms with Gasteiger partial charge in [-0.15, -0.1) is 39.7 Å². The minimum Gasteiger partial charge on any atom is -0.664 e. The number of rotatable bonds is 7. The number of nitrogens with zero attached hydrogens (tertiary/aromatic N) is 3. The van der Waals surface area contributed by atoms with Gasteiger partial charge in [-0.2, -0.15) is 5.35 Å². The maximum atomic E-state index is 5.12. The third-order valence-corrected chi connectivity index (χ3v) is 7.34. The summed E-state index contributed by atoms with van der Waals surface area (Å²) in [4.78, 5) is 14.4. The van der Waals surface area contributed by atoms with Gasteiger partial charge in [0.2, 0.25) is 0 Å². The number of pyridine rings is 1. The first-order chi connectivity index (χ1) is 16.9. The second-order valence-corrected chi connectivity index (χ2v) is 9.29. The number of hydrogen-bond donors (Lipinski definition) is 0. The zero-order chi connectivity index (χ0) is 25.1. The summed E-state index contributed by atoms with van der Waals surface area (Å²) in [7, 11) is 0. The first-order valence-electron chi connectivity index (χ1n) is 13.0. The Balaban J connectivity index is 0.00000361. The molecule has 3 heterocycles. The molecule has 4 rings (SSSR count). The van der Waals surface area contributed by atoms with Crippen molar-refractivity contribution in [3.63, 3.8) is 0 Å². The molecule has 0 bridgehead atoms.